The van der Waals surface area contributed by atoms with Gasteiger partial charge < -0.3 is 9.84 Å². The Labute approximate surface area is 98.2 Å². The summed E-state index contributed by atoms with van der Waals surface area (Å²) in [5, 5.41) is 10.3. The second kappa shape index (κ2) is 6.24. The molecule has 0 unspecified atom stereocenters. The lowest BCUT2D eigenvalue weighted by Gasteiger charge is -2.35. The van der Waals surface area contributed by atoms with E-state index < -0.39 is 5.60 Å². The summed E-state index contributed by atoms with van der Waals surface area (Å²) in [6.07, 6.45) is 6.11. The van der Waals surface area contributed by atoms with Gasteiger partial charge in [0, 0.05) is 0 Å². The molecule has 16 heavy (non-hydrogen) atoms. The first-order valence-electron chi connectivity index (χ1n) is 6.50. The summed E-state index contributed by atoms with van der Waals surface area (Å²) in [5.74, 6) is -0.0677. The van der Waals surface area contributed by atoms with Gasteiger partial charge in [-0.2, -0.15) is 0 Å². The van der Waals surface area contributed by atoms with Gasteiger partial charge in [0.15, 0.2) is 0 Å². The molecule has 0 heterocycles. The lowest BCUT2D eigenvalue weighted by molar-refractivity contribution is -0.151. The zero-order valence-electron chi connectivity index (χ0n) is 10.5. The molecule has 0 aromatic heterocycles. The Bertz CT molecular complexity index is 217. The maximum atomic E-state index is 11.5. The third kappa shape index (κ3) is 3.78. The van der Waals surface area contributed by atoms with E-state index in [1.54, 1.807) is 0 Å². The molecule has 1 saturated carbocycles. The molecule has 1 aliphatic carbocycles. The van der Waals surface area contributed by atoms with Gasteiger partial charge in [0.25, 0.3) is 0 Å². The minimum Gasteiger partial charge on any atom is -0.466 e. The summed E-state index contributed by atoms with van der Waals surface area (Å²) < 4.78 is 5.01. The highest BCUT2D eigenvalue weighted by atomic mass is 16.5. The predicted molar refractivity (Wildman–Crippen MR) is 63.1 cm³/mol. The molecule has 0 bridgehead atoms. The summed E-state index contributed by atoms with van der Waals surface area (Å²) in [5.41, 5.74) is -0.515. The normalized spacial score (nSPS) is 30.1. The molecule has 1 aliphatic rings. The Hall–Kier alpha value is -0.570. The van der Waals surface area contributed by atoms with Gasteiger partial charge in [-0.1, -0.05) is 19.8 Å². The molecule has 0 atom stereocenters. The summed E-state index contributed by atoms with van der Waals surface area (Å²) in [4.78, 5) is 11.5. The van der Waals surface area contributed by atoms with Crippen LogP contribution in [0.1, 0.15) is 58.8 Å². The van der Waals surface area contributed by atoms with Gasteiger partial charge in [-0.15, -0.1) is 0 Å². The minimum absolute atomic E-state index is 0.0156. The first-order chi connectivity index (χ1) is 7.61. The number of unbranched alkanes of at least 4 members (excludes halogenated alkanes) is 1. The van der Waals surface area contributed by atoms with Crippen molar-refractivity contribution in [3.63, 3.8) is 0 Å². The summed E-state index contributed by atoms with van der Waals surface area (Å²) in [6.45, 7) is 4.42. The second-order valence-corrected chi connectivity index (χ2v) is 4.85. The lowest BCUT2D eigenvalue weighted by Crippen LogP contribution is -2.36. The molecule has 1 N–H and O–H groups in total. The minimum atomic E-state index is -0.515. The monoisotopic (exact) mass is 228 g/mol. The van der Waals surface area contributed by atoms with Crippen LogP contribution >= 0.6 is 0 Å². The molecule has 0 aromatic rings. The molecule has 0 saturated heterocycles. The van der Waals surface area contributed by atoms with Crippen LogP contribution in [0.5, 0.6) is 0 Å². The average Bonchev–Trinajstić information content (AvgIpc) is 2.28. The van der Waals surface area contributed by atoms with Crippen molar-refractivity contribution >= 4 is 5.97 Å². The highest BCUT2D eigenvalue weighted by molar-refractivity contribution is 5.72. The Morgan fingerprint density at radius 2 is 2.00 bits per heavy atom. The Morgan fingerprint density at radius 1 is 1.38 bits per heavy atom. The van der Waals surface area contributed by atoms with Crippen molar-refractivity contribution in [1.29, 1.82) is 0 Å². The van der Waals surface area contributed by atoms with E-state index >= 15 is 0 Å². The first kappa shape index (κ1) is 13.5. The molecular formula is C13H24O3. The predicted octanol–water partition coefficient (Wildman–Crippen LogP) is 2.66. The fourth-order valence-electron chi connectivity index (χ4n) is 2.41. The van der Waals surface area contributed by atoms with E-state index in [1.807, 2.05) is 6.92 Å². The number of carbonyl (C=O) groups is 1. The molecule has 1 rings (SSSR count). The van der Waals surface area contributed by atoms with Crippen molar-refractivity contribution in [3.05, 3.63) is 0 Å². The van der Waals surface area contributed by atoms with Crippen LogP contribution in [0, 0.1) is 5.92 Å². The average molecular weight is 228 g/mol. The second-order valence-electron chi connectivity index (χ2n) is 4.85. The quantitative estimate of drug-likeness (QED) is 0.736. The number of carbonyl (C=O) groups excluding carboxylic acids is 1. The molecule has 94 valence electrons. The highest BCUT2D eigenvalue weighted by Crippen LogP contribution is 2.35. The number of aliphatic hydroxyl groups is 1. The Kier molecular flexibility index (Phi) is 5.26. The van der Waals surface area contributed by atoms with Crippen LogP contribution < -0.4 is 0 Å². The summed E-state index contributed by atoms with van der Waals surface area (Å²) in [6, 6.07) is 0. The van der Waals surface area contributed by atoms with Gasteiger partial charge in [-0.3, -0.25) is 4.79 Å². The standard InChI is InChI=1S/C13H24O3/c1-3-5-8-13(15)9-6-11(7-10-13)12(14)16-4-2/h11,15H,3-10H2,1-2H3. The van der Waals surface area contributed by atoms with Crippen LogP contribution in [-0.2, 0) is 9.53 Å². The Balaban J connectivity index is 2.35. The van der Waals surface area contributed by atoms with E-state index in [9.17, 15) is 9.90 Å². The molecule has 3 heteroatoms. The molecule has 0 radical (unpaired) electrons. The van der Waals surface area contributed by atoms with Gasteiger partial charge in [0.1, 0.15) is 0 Å². The molecule has 0 aromatic carbocycles. The third-order valence-electron chi connectivity index (χ3n) is 3.53. The van der Waals surface area contributed by atoms with Crippen molar-refractivity contribution in [3.8, 4) is 0 Å². The zero-order chi connectivity index (χ0) is 12.0. The van der Waals surface area contributed by atoms with E-state index in [0.29, 0.717) is 6.61 Å². The van der Waals surface area contributed by atoms with E-state index in [-0.39, 0.29) is 11.9 Å². The SMILES string of the molecule is CCCCC1(O)CCC(C(=O)OCC)CC1. The maximum absolute atomic E-state index is 11.5. The summed E-state index contributed by atoms with van der Waals surface area (Å²) >= 11 is 0. The van der Waals surface area contributed by atoms with E-state index in [2.05, 4.69) is 6.92 Å². The molecule has 3 nitrogen and oxygen atoms in total. The van der Waals surface area contributed by atoms with Crippen molar-refractivity contribution in [2.75, 3.05) is 6.61 Å². The molecule has 1 fully saturated rings. The largest absolute Gasteiger partial charge is 0.466 e. The van der Waals surface area contributed by atoms with E-state index in [1.165, 1.54) is 0 Å². The summed E-state index contributed by atoms with van der Waals surface area (Å²) in [7, 11) is 0. The lowest BCUT2D eigenvalue weighted by atomic mass is 9.76. The first-order valence-corrected chi connectivity index (χ1v) is 6.50. The number of rotatable bonds is 5. The smallest absolute Gasteiger partial charge is 0.308 e. The van der Waals surface area contributed by atoms with Crippen molar-refractivity contribution in [2.24, 2.45) is 5.92 Å². The van der Waals surface area contributed by atoms with Crippen LogP contribution in [0.25, 0.3) is 0 Å². The maximum Gasteiger partial charge on any atom is 0.308 e. The number of esters is 1. The number of hydrogen-bond acceptors (Lipinski definition) is 3. The fourth-order valence-corrected chi connectivity index (χ4v) is 2.41. The zero-order valence-corrected chi connectivity index (χ0v) is 10.5. The molecule has 0 aliphatic heterocycles. The van der Waals surface area contributed by atoms with Crippen molar-refractivity contribution in [1.82, 2.24) is 0 Å². The van der Waals surface area contributed by atoms with Gasteiger partial charge in [-0.05, 0) is 39.0 Å². The number of hydrogen-bond donors (Lipinski definition) is 1. The van der Waals surface area contributed by atoms with Crippen LogP contribution in [0.3, 0.4) is 0 Å². The third-order valence-corrected chi connectivity index (χ3v) is 3.53. The van der Waals surface area contributed by atoms with E-state index in [4.69, 9.17) is 4.74 Å². The van der Waals surface area contributed by atoms with Gasteiger partial charge >= 0.3 is 5.97 Å². The van der Waals surface area contributed by atoms with Crippen LogP contribution in [0.4, 0.5) is 0 Å². The van der Waals surface area contributed by atoms with E-state index in [0.717, 1.165) is 44.9 Å². The molecular weight excluding hydrogens is 204 g/mol. The Morgan fingerprint density at radius 3 is 2.50 bits per heavy atom. The fraction of sp³-hybridized carbons (Fsp3) is 0.923. The van der Waals surface area contributed by atoms with Crippen molar-refractivity contribution in [2.45, 2.75) is 64.4 Å². The molecule has 0 amide bonds. The van der Waals surface area contributed by atoms with Crippen LogP contribution in [0.15, 0.2) is 0 Å². The molecule has 0 spiro atoms. The van der Waals surface area contributed by atoms with Gasteiger partial charge in [0.2, 0.25) is 0 Å². The van der Waals surface area contributed by atoms with Gasteiger partial charge in [0.05, 0.1) is 18.1 Å². The van der Waals surface area contributed by atoms with Crippen LogP contribution in [0.2, 0.25) is 0 Å². The number of ether oxygens (including phenoxy) is 1. The topological polar surface area (TPSA) is 46.5 Å². The van der Waals surface area contributed by atoms with Crippen LogP contribution in [-0.4, -0.2) is 23.3 Å². The van der Waals surface area contributed by atoms with Crippen molar-refractivity contribution < 1.29 is 14.6 Å². The highest BCUT2D eigenvalue weighted by Gasteiger charge is 2.35. The van der Waals surface area contributed by atoms with Gasteiger partial charge in [-0.25, -0.2) is 0 Å².